The van der Waals surface area contributed by atoms with Gasteiger partial charge in [-0.3, -0.25) is 9.59 Å². The first-order chi connectivity index (χ1) is 6.14. The van der Waals surface area contributed by atoms with Crippen LogP contribution in [0.3, 0.4) is 0 Å². The Balaban J connectivity index is 2.48. The fourth-order valence-electron chi connectivity index (χ4n) is 1.45. The number of alkyl halides is 2. The lowest BCUT2D eigenvalue weighted by Crippen LogP contribution is -2.27. The zero-order valence-corrected chi connectivity index (χ0v) is 8.56. The Kier molecular flexibility index (Phi) is 2.50. The van der Waals surface area contributed by atoms with E-state index < -0.39 is 18.1 Å². The van der Waals surface area contributed by atoms with Gasteiger partial charge >= 0.3 is 5.92 Å². The van der Waals surface area contributed by atoms with Gasteiger partial charge in [-0.05, 0) is 11.8 Å². The van der Waals surface area contributed by atoms with E-state index in [0.717, 1.165) is 0 Å². The molecule has 1 saturated carbocycles. The lowest BCUT2D eigenvalue weighted by molar-refractivity contribution is -0.143. The minimum absolute atomic E-state index is 0.0968. The van der Waals surface area contributed by atoms with Crippen LogP contribution in [-0.4, -0.2) is 17.5 Å². The van der Waals surface area contributed by atoms with Crippen LogP contribution in [-0.2, 0) is 9.59 Å². The predicted molar refractivity (Wildman–Crippen MR) is 47.1 cm³/mol. The third-order valence-electron chi connectivity index (χ3n) is 2.73. The van der Waals surface area contributed by atoms with Crippen LogP contribution in [0.5, 0.6) is 0 Å². The van der Waals surface area contributed by atoms with Gasteiger partial charge in [0.25, 0.3) is 0 Å². The fraction of sp³-hybridized carbons (Fsp3) is 0.800. The lowest BCUT2D eigenvalue weighted by atomic mass is 10.0. The summed E-state index contributed by atoms with van der Waals surface area (Å²) in [5.74, 6) is -5.20. The van der Waals surface area contributed by atoms with Crippen LogP contribution in [0.25, 0.3) is 0 Å². The van der Waals surface area contributed by atoms with Crippen LogP contribution >= 0.6 is 0 Å². The quantitative estimate of drug-likeness (QED) is 0.658. The standard InChI is InChI=1S/C10H14F2O2/c1-9(2)5-6(9)7(13)4-8(14)10(3,11)12/h6H,4-5H2,1-3H3. The molecule has 14 heavy (non-hydrogen) atoms. The van der Waals surface area contributed by atoms with Crippen LogP contribution in [0.4, 0.5) is 8.78 Å². The minimum Gasteiger partial charge on any atom is -0.299 e. The van der Waals surface area contributed by atoms with Gasteiger partial charge < -0.3 is 0 Å². The predicted octanol–water partition coefficient (Wildman–Crippen LogP) is 2.22. The van der Waals surface area contributed by atoms with Crippen molar-refractivity contribution in [2.75, 3.05) is 0 Å². The molecule has 0 amide bonds. The van der Waals surface area contributed by atoms with Crippen LogP contribution in [0.2, 0.25) is 0 Å². The molecule has 0 aromatic carbocycles. The van der Waals surface area contributed by atoms with Crippen molar-refractivity contribution >= 4 is 11.6 Å². The second kappa shape index (κ2) is 3.11. The third-order valence-corrected chi connectivity index (χ3v) is 2.73. The van der Waals surface area contributed by atoms with Crippen LogP contribution in [0, 0.1) is 11.3 Å². The molecule has 0 N–H and O–H groups in total. The average Bonchev–Trinajstić information content (AvgIpc) is 2.57. The molecule has 1 rings (SSSR count). The molecule has 0 aliphatic heterocycles. The SMILES string of the molecule is CC(F)(F)C(=O)CC(=O)C1CC1(C)C. The van der Waals surface area contributed by atoms with E-state index in [-0.39, 0.29) is 17.1 Å². The van der Waals surface area contributed by atoms with Crippen molar-refractivity contribution in [3.8, 4) is 0 Å². The van der Waals surface area contributed by atoms with Gasteiger partial charge in [-0.1, -0.05) is 13.8 Å². The highest BCUT2D eigenvalue weighted by molar-refractivity contribution is 6.04. The lowest BCUT2D eigenvalue weighted by Gasteiger charge is -2.08. The molecule has 1 atom stereocenters. The number of halogens is 2. The Hall–Kier alpha value is -0.800. The van der Waals surface area contributed by atoms with Crippen molar-refractivity contribution in [3.63, 3.8) is 0 Å². The van der Waals surface area contributed by atoms with E-state index in [1.54, 1.807) is 0 Å². The van der Waals surface area contributed by atoms with Gasteiger partial charge in [0.05, 0.1) is 6.42 Å². The normalized spacial score (nSPS) is 24.5. The van der Waals surface area contributed by atoms with Gasteiger partial charge in [-0.2, -0.15) is 8.78 Å². The molecule has 0 heterocycles. The Morgan fingerprint density at radius 3 is 2.14 bits per heavy atom. The number of hydrogen-bond acceptors (Lipinski definition) is 2. The maximum absolute atomic E-state index is 12.5. The Morgan fingerprint density at radius 1 is 1.43 bits per heavy atom. The smallest absolute Gasteiger partial charge is 0.299 e. The summed E-state index contributed by atoms with van der Waals surface area (Å²) in [6, 6.07) is 0. The number of carbonyl (C=O) groups is 2. The van der Waals surface area contributed by atoms with Gasteiger partial charge in [-0.15, -0.1) is 0 Å². The monoisotopic (exact) mass is 204 g/mol. The first-order valence-electron chi connectivity index (χ1n) is 4.58. The first kappa shape index (κ1) is 11.3. The van der Waals surface area contributed by atoms with Gasteiger partial charge in [0.2, 0.25) is 5.78 Å². The van der Waals surface area contributed by atoms with Gasteiger partial charge in [0.15, 0.2) is 0 Å². The third kappa shape index (κ3) is 2.36. The van der Waals surface area contributed by atoms with Crippen molar-refractivity contribution in [1.82, 2.24) is 0 Å². The molecule has 1 fully saturated rings. The Morgan fingerprint density at radius 2 is 1.86 bits per heavy atom. The minimum atomic E-state index is -3.38. The average molecular weight is 204 g/mol. The van der Waals surface area contributed by atoms with E-state index in [0.29, 0.717) is 13.3 Å². The van der Waals surface area contributed by atoms with Crippen molar-refractivity contribution in [1.29, 1.82) is 0 Å². The highest BCUT2D eigenvalue weighted by Crippen LogP contribution is 2.52. The topological polar surface area (TPSA) is 34.1 Å². The summed E-state index contributed by atoms with van der Waals surface area (Å²) in [4.78, 5) is 22.2. The van der Waals surface area contributed by atoms with Crippen LogP contribution in [0.15, 0.2) is 0 Å². The number of rotatable bonds is 4. The summed E-state index contributed by atoms with van der Waals surface area (Å²) in [5, 5.41) is 0. The molecule has 80 valence electrons. The van der Waals surface area contributed by atoms with Crippen molar-refractivity contribution < 1.29 is 18.4 Å². The summed E-state index contributed by atoms with van der Waals surface area (Å²) >= 11 is 0. The van der Waals surface area contributed by atoms with E-state index in [2.05, 4.69) is 0 Å². The van der Waals surface area contributed by atoms with Crippen molar-refractivity contribution in [2.24, 2.45) is 11.3 Å². The maximum Gasteiger partial charge on any atom is 0.302 e. The zero-order chi connectivity index (χ0) is 11.1. The molecule has 0 saturated heterocycles. The summed E-state index contributed by atoms with van der Waals surface area (Å²) in [6.07, 6.45) is 0.0754. The molecule has 0 spiro atoms. The van der Waals surface area contributed by atoms with E-state index in [1.807, 2.05) is 13.8 Å². The molecule has 0 radical (unpaired) electrons. The van der Waals surface area contributed by atoms with E-state index in [4.69, 9.17) is 0 Å². The van der Waals surface area contributed by atoms with Gasteiger partial charge in [0, 0.05) is 12.8 Å². The fourth-order valence-corrected chi connectivity index (χ4v) is 1.45. The molecular formula is C10H14F2O2. The summed E-state index contributed by atoms with van der Waals surface area (Å²) in [6.45, 7) is 4.31. The molecule has 0 bridgehead atoms. The second-order valence-corrected chi connectivity index (χ2v) is 4.70. The number of carbonyl (C=O) groups excluding carboxylic acids is 2. The van der Waals surface area contributed by atoms with Crippen molar-refractivity contribution in [2.45, 2.75) is 39.5 Å². The molecular weight excluding hydrogens is 190 g/mol. The molecule has 0 aromatic rings. The molecule has 1 aliphatic rings. The molecule has 0 aromatic heterocycles. The van der Waals surface area contributed by atoms with E-state index in [9.17, 15) is 18.4 Å². The number of Topliss-reactive ketones (excluding diaryl/α,β-unsaturated/α-hetero) is 2. The summed E-state index contributed by atoms with van der Waals surface area (Å²) in [5.41, 5.74) is -0.0968. The summed E-state index contributed by atoms with van der Waals surface area (Å²) in [7, 11) is 0. The number of ketones is 2. The molecule has 4 heteroatoms. The Labute approximate surface area is 81.7 Å². The van der Waals surface area contributed by atoms with Crippen LogP contribution < -0.4 is 0 Å². The van der Waals surface area contributed by atoms with E-state index >= 15 is 0 Å². The first-order valence-corrected chi connectivity index (χ1v) is 4.58. The highest BCUT2D eigenvalue weighted by atomic mass is 19.3. The van der Waals surface area contributed by atoms with E-state index in [1.165, 1.54) is 0 Å². The molecule has 1 unspecified atom stereocenters. The van der Waals surface area contributed by atoms with Crippen LogP contribution in [0.1, 0.15) is 33.6 Å². The Bertz CT molecular complexity index is 276. The van der Waals surface area contributed by atoms with Gasteiger partial charge in [0.1, 0.15) is 5.78 Å². The largest absolute Gasteiger partial charge is 0.302 e. The number of hydrogen-bond donors (Lipinski definition) is 0. The maximum atomic E-state index is 12.5. The zero-order valence-electron chi connectivity index (χ0n) is 8.56. The molecule has 2 nitrogen and oxygen atoms in total. The highest BCUT2D eigenvalue weighted by Gasteiger charge is 2.51. The molecule has 1 aliphatic carbocycles. The summed E-state index contributed by atoms with van der Waals surface area (Å²) < 4.78 is 24.9. The second-order valence-electron chi connectivity index (χ2n) is 4.70. The van der Waals surface area contributed by atoms with Gasteiger partial charge in [-0.25, -0.2) is 0 Å². The van der Waals surface area contributed by atoms with Crippen molar-refractivity contribution in [3.05, 3.63) is 0 Å².